The van der Waals surface area contributed by atoms with Gasteiger partial charge in [0.05, 0.1) is 16.8 Å². The van der Waals surface area contributed by atoms with Gasteiger partial charge in [-0.2, -0.15) is 0 Å². The summed E-state index contributed by atoms with van der Waals surface area (Å²) in [5.41, 5.74) is 2.78. The predicted octanol–water partition coefficient (Wildman–Crippen LogP) is 4.01. The minimum absolute atomic E-state index is 0.127. The number of aromatic hydroxyl groups is 1. The zero-order chi connectivity index (χ0) is 20.5. The Kier molecular flexibility index (Phi) is 4.60. The van der Waals surface area contributed by atoms with E-state index in [0.29, 0.717) is 16.6 Å². The van der Waals surface area contributed by atoms with E-state index < -0.39 is 5.91 Å². The normalized spacial score (nSPS) is 10.8. The van der Waals surface area contributed by atoms with Gasteiger partial charge in [0.15, 0.2) is 0 Å². The Morgan fingerprint density at radius 3 is 2.52 bits per heavy atom. The number of pyridine rings is 1. The molecule has 0 saturated carbocycles. The van der Waals surface area contributed by atoms with Gasteiger partial charge in [-0.25, -0.2) is 0 Å². The van der Waals surface area contributed by atoms with Crippen LogP contribution in [0.2, 0.25) is 0 Å². The van der Waals surface area contributed by atoms with Gasteiger partial charge >= 0.3 is 0 Å². The highest BCUT2D eigenvalue weighted by Gasteiger charge is 2.15. The maximum absolute atomic E-state index is 12.9. The van der Waals surface area contributed by atoms with Crippen molar-refractivity contribution in [2.45, 2.75) is 6.92 Å². The molecule has 1 aromatic heterocycles. The Bertz CT molecular complexity index is 1280. The van der Waals surface area contributed by atoms with Gasteiger partial charge in [0.1, 0.15) is 5.75 Å². The van der Waals surface area contributed by atoms with Crippen LogP contribution in [-0.2, 0) is 0 Å². The number of carbonyl (C=O) groups is 2. The summed E-state index contributed by atoms with van der Waals surface area (Å²) in [6, 6.07) is 17.5. The predicted molar refractivity (Wildman–Crippen MR) is 113 cm³/mol. The van der Waals surface area contributed by atoms with Crippen LogP contribution >= 0.6 is 0 Å². The van der Waals surface area contributed by atoms with Gasteiger partial charge in [-0.05, 0) is 54.1 Å². The molecule has 3 aromatic carbocycles. The lowest BCUT2D eigenvalue weighted by molar-refractivity contribution is 0.0962. The van der Waals surface area contributed by atoms with E-state index in [1.54, 1.807) is 37.4 Å². The third kappa shape index (κ3) is 3.48. The van der Waals surface area contributed by atoms with Gasteiger partial charge in [0.25, 0.3) is 11.8 Å². The van der Waals surface area contributed by atoms with E-state index in [2.05, 4.69) is 15.6 Å². The van der Waals surface area contributed by atoms with E-state index in [-0.39, 0.29) is 17.2 Å². The van der Waals surface area contributed by atoms with Crippen molar-refractivity contribution in [3.8, 4) is 5.75 Å². The van der Waals surface area contributed by atoms with Crippen LogP contribution in [0.5, 0.6) is 5.75 Å². The molecular formula is C23H19N3O3. The molecule has 0 bridgehead atoms. The van der Waals surface area contributed by atoms with E-state index in [1.807, 2.05) is 31.2 Å². The second-order valence-electron chi connectivity index (χ2n) is 6.79. The summed E-state index contributed by atoms with van der Waals surface area (Å²) in [7, 11) is 1.56. The van der Waals surface area contributed by atoms with Crippen molar-refractivity contribution in [3.63, 3.8) is 0 Å². The van der Waals surface area contributed by atoms with Crippen LogP contribution in [0.1, 0.15) is 26.4 Å². The van der Waals surface area contributed by atoms with Gasteiger partial charge in [-0.1, -0.05) is 24.3 Å². The Morgan fingerprint density at radius 1 is 0.931 bits per heavy atom. The number of benzene rings is 3. The standard InChI is InChI=1S/C23H19N3O3/c1-13-9-20(17-5-3-4-6-19(17)25-13)26-23(29)18-11-16-10-15(22(28)24-2)8-7-14(16)12-21(18)27/h3-12,27H,1-2H3,(H,24,28)(H,25,26,29). The fourth-order valence-electron chi connectivity index (χ4n) is 3.35. The number of hydrogen-bond acceptors (Lipinski definition) is 4. The summed E-state index contributed by atoms with van der Waals surface area (Å²) in [6.07, 6.45) is 0. The highest BCUT2D eigenvalue weighted by molar-refractivity contribution is 6.12. The maximum atomic E-state index is 12.9. The number of fused-ring (bicyclic) bond motifs is 2. The third-order valence-electron chi connectivity index (χ3n) is 4.78. The van der Waals surface area contributed by atoms with Crippen molar-refractivity contribution in [3.05, 3.63) is 77.5 Å². The number of aryl methyl sites for hydroxylation is 1. The monoisotopic (exact) mass is 385 g/mol. The highest BCUT2D eigenvalue weighted by Crippen LogP contribution is 2.28. The van der Waals surface area contributed by atoms with Crippen LogP contribution in [-0.4, -0.2) is 29.0 Å². The quantitative estimate of drug-likeness (QED) is 0.497. The number of carbonyl (C=O) groups excluding carboxylic acids is 2. The number of nitrogens with one attached hydrogen (secondary N) is 2. The van der Waals surface area contributed by atoms with E-state index in [9.17, 15) is 14.7 Å². The Labute approximate surface area is 167 Å². The Morgan fingerprint density at radius 2 is 1.72 bits per heavy atom. The molecule has 0 spiro atoms. The summed E-state index contributed by atoms with van der Waals surface area (Å²) in [4.78, 5) is 29.3. The van der Waals surface area contributed by atoms with Crippen LogP contribution in [0.15, 0.2) is 60.7 Å². The first-order chi connectivity index (χ1) is 14.0. The number of phenols is 1. The van der Waals surface area contributed by atoms with E-state index in [1.165, 1.54) is 6.07 Å². The summed E-state index contributed by atoms with van der Waals surface area (Å²) < 4.78 is 0. The number of nitrogens with zero attached hydrogens (tertiary/aromatic N) is 1. The minimum Gasteiger partial charge on any atom is -0.507 e. The van der Waals surface area contributed by atoms with E-state index >= 15 is 0 Å². The van der Waals surface area contributed by atoms with E-state index in [4.69, 9.17) is 0 Å². The molecule has 0 atom stereocenters. The molecule has 3 N–H and O–H groups in total. The van der Waals surface area contributed by atoms with Crippen LogP contribution in [0.3, 0.4) is 0 Å². The van der Waals surface area contributed by atoms with Crippen molar-refractivity contribution in [2.75, 3.05) is 12.4 Å². The summed E-state index contributed by atoms with van der Waals surface area (Å²) in [6.45, 7) is 1.86. The Balaban J connectivity index is 1.75. The number of hydrogen-bond donors (Lipinski definition) is 3. The summed E-state index contributed by atoms with van der Waals surface area (Å²) >= 11 is 0. The largest absolute Gasteiger partial charge is 0.507 e. The molecule has 0 aliphatic heterocycles. The fraction of sp³-hybridized carbons (Fsp3) is 0.0870. The molecule has 0 saturated heterocycles. The van der Waals surface area contributed by atoms with Gasteiger partial charge in [-0.15, -0.1) is 0 Å². The van der Waals surface area contributed by atoms with Gasteiger partial charge in [0.2, 0.25) is 0 Å². The molecular weight excluding hydrogens is 366 g/mol. The maximum Gasteiger partial charge on any atom is 0.259 e. The average Bonchev–Trinajstić information content (AvgIpc) is 2.72. The number of aromatic nitrogens is 1. The lowest BCUT2D eigenvalue weighted by Gasteiger charge is -2.12. The molecule has 0 radical (unpaired) electrons. The van der Waals surface area contributed by atoms with E-state index in [0.717, 1.165) is 22.0 Å². The molecule has 4 rings (SSSR count). The number of amides is 2. The molecule has 29 heavy (non-hydrogen) atoms. The number of rotatable bonds is 3. The first kappa shape index (κ1) is 18.4. The fourth-order valence-corrected chi connectivity index (χ4v) is 3.35. The van der Waals surface area contributed by atoms with Gasteiger partial charge in [-0.3, -0.25) is 14.6 Å². The minimum atomic E-state index is -0.439. The molecule has 0 aliphatic carbocycles. The topological polar surface area (TPSA) is 91.3 Å². The van der Waals surface area contributed by atoms with Crippen molar-refractivity contribution in [1.82, 2.24) is 10.3 Å². The lowest BCUT2D eigenvalue weighted by Crippen LogP contribution is -2.17. The van der Waals surface area contributed by atoms with Crippen molar-refractivity contribution in [1.29, 1.82) is 0 Å². The summed E-state index contributed by atoms with van der Waals surface area (Å²) in [5.74, 6) is -0.784. The second-order valence-corrected chi connectivity index (χ2v) is 6.79. The number of para-hydroxylation sites is 1. The Hall–Kier alpha value is -3.93. The summed E-state index contributed by atoms with van der Waals surface area (Å²) in [5, 5.41) is 18.1. The number of phenolic OH excluding ortho intramolecular Hbond substituents is 1. The number of anilines is 1. The van der Waals surface area contributed by atoms with Crippen LogP contribution in [0.25, 0.3) is 21.7 Å². The molecule has 0 aliphatic rings. The molecule has 1 heterocycles. The first-order valence-electron chi connectivity index (χ1n) is 9.13. The molecule has 6 nitrogen and oxygen atoms in total. The van der Waals surface area contributed by atoms with Crippen molar-refractivity contribution in [2.24, 2.45) is 0 Å². The lowest BCUT2D eigenvalue weighted by atomic mass is 10.0. The third-order valence-corrected chi connectivity index (χ3v) is 4.78. The van der Waals surface area contributed by atoms with Gasteiger partial charge in [0, 0.05) is 23.7 Å². The molecule has 6 heteroatoms. The average molecular weight is 385 g/mol. The van der Waals surface area contributed by atoms with Crippen LogP contribution in [0, 0.1) is 6.92 Å². The first-order valence-corrected chi connectivity index (χ1v) is 9.13. The zero-order valence-electron chi connectivity index (χ0n) is 16.0. The zero-order valence-corrected chi connectivity index (χ0v) is 16.0. The molecule has 2 amide bonds. The highest BCUT2D eigenvalue weighted by atomic mass is 16.3. The second kappa shape index (κ2) is 7.24. The molecule has 0 unspecified atom stereocenters. The van der Waals surface area contributed by atoms with Crippen molar-refractivity contribution < 1.29 is 14.7 Å². The molecule has 144 valence electrons. The SMILES string of the molecule is CNC(=O)c1ccc2cc(O)c(C(=O)Nc3cc(C)nc4ccccc34)cc2c1. The van der Waals surface area contributed by atoms with Crippen LogP contribution < -0.4 is 10.6 Å². The molecule has 4 aromatic rings. The van der Waals surface area contributed by atoms with Crippen molar-refractivity contribution >= 4 is 39.2 Å². The van der Waals surface area contributed by atoms with Crippen LogP contribution in [0.4, 0.5) is 5.69 Å². The van der Waals surface area contributed by atoms with Gasteiger partial charge < -0.3 is 15.7 Å². The smallest absolute Gasteiger partial charge is 0.259 e. The molecule has 0 fully saturated rings.